The number of nitrogens with two attached hydrogens (primary N) is 1. The van der Waals surface area contributed by atoms with Gasteiger partial charge in [-0.15, -0.1) is 0 Å². The van der Waals surface area contributed by atoms with E-state index in [1.165, 1.54) is 0 Å². The van der Waals surface area contributed by atoms with Crippen LogP contribution < -0.4 is 11.1 Å². The summed E-state index contributed by atoms with van der Waals surface area (Å²) >= 11 is 0. The van der Waals surface area contributed by atoms with E-state index in [1.807, 2.05) is 13.0 Å². The molecule has 0 bridgehead atoms. The summed E-state index contributed by atoms with van der Waals surface area (Å²) in [6.45, 7) is 8.49. The Hall–Kier alpha value is -1.58. The Morgan fingerprint density at radius 1 is 1.35 bits per heavy atom. The fourth-order valence-corrected chi connectivity index (χ4v) is 2.26. The summed E-state index contributed by atoms with van der Waals surface area (Å²) in [5, 5.41) is 3.04. The van der Waals surface area contributed by atoms with Gasteiger partial charge in [0.1, 0.15) is 5.82 Å². The predicted octanol–water partition coefficient (Wildman–Crippen LogP) is 3.17. The van der Waals surface area contributed by atoms with E-state index in [2.05, 4.69) is 31.1 Å². The van der Waals surface area contributed by atoms with Gasteiger partial charge >= 0.3 is 0 Å². The molecule has 2 unspecified atom stereocenters. The van der Waals surface area contributed by atoms with Crippen molar-refractivity contribution in [3.05, 3.63) is 23.4 Å². The van der Waals surface area contributed by atoms with Crippen LogP contribution in [0, 0.1) is 5.92 Å². The van der Waals surface area contributed by atoms with Gasteiger partial charge in [0.15, 0.2) is 0 Å². The van der Waals surface area contributed by atoms with Crippen molar-refractivity contribution in [1.29, 1.82) is 0 Å². The molecule has 0 spiro atoms. The summed E-state index contributed by atoms with van der Waals surface area (Å²) in [6.07, 6.45) is 3.95. The lowest BCUT2D eigenvalue weighted by Crippen LogP contribution is -2.33. The third kappa shape index (κ3) is 5.19. The van der Waals surface area contributed by atoms with E-state index in [9.17, 15) is 4.79 Å². The summed E-state index contributed by atoms with van der Waals surface area (Å²) in [4.78, 5) is 16.5. The number of aromatic nitrogens is 1. The average Bonchev–Trinajstić information content (AvgIpc) is 2.38. The third-order valence-electron chi connectivity index (χ3n) is 3.50. The van der Waals surface area contributed by atoms with E-state index in [0.717, 1.165) is 31.4 Å². The quantitative estimate of drug-likeness (QED) is 0.804. The van der Waals surface area contributed by atoms with Crippen LogP contribution in [-0.4, -0.2) is 16.9 Å². The van der Waals surface area contributed by atoms with Gasteiger partial charge in [-0.1, -0.05) is 33.6 Å². The van der Waals surface area contributed by atoms with Gasteiger partial charge in [0.05, 0.1) is 0 Å². The molecular weight excluding hydrogens is 250 g/mol. The van der Waals surface area contributed by atoms with E-state index in [0.29, 0.717) is 17.3 Å². The van der Waals surface area contributed by atoms with Crippen molar-refractivity contribution in [1.82, 2.24) is 10.3 Å². The average molecular weight is 277 g/mol. The third-order valence-corrected chi connectivity index (χ3v) is 3.50. The molecule has 0 fully saturated rings. The highest BCUT2D eigenvalue weighted by Crippen LogP contribution is 2.12. The zero-order chi connectivity index (χ0) is 15.1. The van der Waals surface area contributed by atoms with Crippen LogP contribution in [-0.2, 0) is 6.42 Å². The lowest BCUT2D eigenvalue weighted by molar-refractivity contribution is 0.0935. The Labute approximate surface area is 122 Å². The van der Waals surface area contributed by atoms with E-state index in [1.54, 1.807) is 6.07 Å². The topological polar surface area (TPSA) is 68.0 Å². The second-order valence-corrected chi connectivity index (χ2v) is 5.65. The number of pyridine rings is 1. The monoisotopic (exact) mass is 277 g/mol. The minimum absolute atomic E-state index is 0.0627. The van der Waals surface area contributed by atoms with Crippen LogP contribution in [0.3, 0.4) is 0 Å². The molecule has 1 aromatic rings. The normalized spacial score (nSPS) is 13.8. The SMILES string of the molecule is CCCc1cc(C(=O)NC(C)CC(C)CC)cc(N)n1. The fraction of sp³-hybridized carbons (Fsp3) is 0.625. The Morgan fingerprint density at radius 2 is 2.05 bits per heavy atom. The maximum absolute atomic E-state index is 12.2. The van der Waals surface area contributed by atoms with Crippen LogP contribution in [0.1, 0.15) is 63.0 Å². The van der Waals surface area contributed by atoms with Crippen molar-refractivity contribution >= 4 is 11.7 Å². The molecule has 1 aromatic heterocycles. The molecule has 1 heterocycles. The smallest absolute Gasteiger partial charge is 0.251 e. The van der Waals surface area contributed by atoms with Crippen LogP contribution in [0.2, 0.25) is 0 Å². The zero-order valence-corrected chi connectivity index (χ0v) is 13.1. The minimum atomic E-state index is -0.0627. The number of amides is 1. The van der Waals surface area contributed by atoms with Gasteiger partial charge < -0.3 is 11.1 Å². The molecule has 112 valence electrons. The first-order valence-corrected chi connectivity index (χ1v) is 7.53. The van der Waals surface area contributed by atoms with Crippen molar-refractivity contribution in [2.45, 2.75) is 59.4 Å². The molecule has 3 N–H and O–H groups in total. The predicted molar refractivity (Wildman–Crippen MR) is 83.6 cm³/mol. The van der Waals surface area contributed by atoms with Gasteiger partial charge in [0.2, 0.25) is 0 Å². The first-order chi connectivity index (χ1) is 9.46. The van der Waals surface area contributed by atoms with Crippen molar-refractivity contribution in [2.75, 3.05) is 5.73 Å². The van der Waals surface area contributed by atoms with Gasteiger partial charge in [0.25, 0.3) is 5.91 Å². The molecule has 0 aliphatic rings. The Balaban J connectivity index is 2.71. The van der Waals surface area contributed by atoms with Gasteiger partial charge in [-0.3, -0.25) is 4.79 Å². The number of hydrogen-bond donors (Lipinski definition) is 2. The summed E-state index contributed by atoms with van der Waals surface area (Å²) in [6, 6.07) is 3.65. The minimum Gasteiger partial charge on any atom is -0.384 e. The molecule has 0 aromatic carbocycles. The second kappa shape index (κ2) is 7.88. The molecule has 0 aliphatic carbocycles. The number of nitrogens with zero attached hydrogens (tertiary/aromatic N) is 1. The van der Waals surface area contributed by atoms with Crippen LogP contribution in [0.25, 0.3) is 0 Å². The number of carbonyl (C=O) groups is 1. The largest absolute Gasteiger partial charge is 0.384 e. The highest BCUT2D eigenvalue weighted by molar-refractivity contribution is 5.95. The Kier molecular flexibility index (Phi) is 6.49. The van der Waals surface area contributed by atoms with E-state index in [4.69, 9.17) is 5.73 Å². The van der Waals surface area contributed by atoms with Crippen molar-refractivity contribution in [2.24, 2.45) is 5.92 Å². The van der Waals surface area contributed by atoms with Gasteiger partial charge in [-0.2, -0.15) is 0 Å². The van der Waals surface area contributed by atoms with Crippen LogP contribution in [0.15, 0.2) is 12.1 Å². The maximum atomic E-state index is 12.2. The molecule has 4 heteroatoms. The van der Waals surface area contributed by atoms with Crippen molar-refractivity contribution < 1.29 is 4.79 Å². The maximum Gasteiger partial charge on any atom is 0.251 e. The lowest BCUT2D eigenvalue weighted by atomic mass is 10.00. The highest BCUT2D eigenvalue weighted by atomic mass is 16.1. The number of nitrogen functional groups attached to an aromatic ring is 1. The van der Waals surface area contributed by atoms with E-state index < -0.39 is 0 Å². The zero-order valence-electron chi connectivity index (χ0n) is 13.1. The van der Waals surface area contributed by atoms with Crippen LogP contribution >= 0.6 is 0 Å². The summed E-state index contributed by atoms with van der Waals surface area (Å²) < 4.78 is 0. The number of nitrogens with one attached hydrogen (secondary N) is 1. The van der Waals surface area contributed by atoms with Gasteiger partial charge in [-0.05, 0) is 37.8 Å². The Bertz CT molecular complexity index is 445. The fourth-order valence-electron chi connectivity index (χ4n) is 2.26. The van der Waals surface area contributed by atoms with Crippen molar-refractivity contribution in [3.8, 4) is 0 Å². The molecule has 1 rings (SSSR count). The molecule has 4 nitrogen and oxygen atoms in total. The first-order valence-electron chi connectivity index (χ1n) is 7.53. The number of hydrogen-bond acceptors (Lipinski definition) is 3. The van der Waals surface area contributed by atoms with E-state index in [-0.39, 0.29) is 11.9 Å². The first kappa shape index (κ1) is 16.5. The summed E-state index contributed by atoms with van der Waals surface area (Å²) in [7, 11) is 0. The number of carbonyl (C=O) groups excluding carboxylic acids is 1. The number of rotatable bonds is 7. The number of aryl methyl sites for hydroxylation is 1. The van der Waals surface area contributed by atoms with Crippen molar-refractivity contribution in [3.63, 3.8) is 0 Å². The molecule has 1 amide bonds. The summed E-state index contributed by atoms with van der Waals surface area (Å²) in [5.41, 5.74) is 7.26. The molecule has 0 radical (unpaired) electrons. The molecule has 0 aliphatic heterocycles. The standard InChI is InChI=1S/C16H27N3O/c1-5-7-14-9-13(10-15(17)19-14)16(20)18-12(4)8-11(3)6-2/h9-12H,5-8H2,1-4H3,(H2,17,19)(H,18,20). The molecular formula is C16H27N3O. The summed E-state index contributed by atoms with van der Waals surface area (Å²) in [5.74, 6) is 0.964. The number of anilines is 1. The molecule has 0 saturated carbocycles. The molecule has 0 saturated heterocycles. The molecule has 2 atom stereocenters. The van der Waals surface area contributed by atoms with E-state index >= 15 is 0 Å². The second-order valence-electron chi connectivity index (χ2n) is 5.65. The van der Waals surface area contributed by atoms with Gasteiger partial charge in [-0.25, -0.2) is 4.98 Å². The van der Waals surface area contributed by atoms with Crippen LogP contribution in [0.5, 0.6) is 0 Å². The van der Waals surface area contributed by atoms with Gasteiger partial charge in [0, 0.05) is 17.3 Å². The lowest BCUT2D eigenvalue weighted by Gasteiger charge is -2.17. The molecule has 20 heavy (non-hydrogen) atoms. The Morgan fingerprint density at radius 3 is 2.65 bits per heavy atom. The van der Waals surface area contributed by atoms with Crippen LogP contribution in [0.4, 0.5) is 5.82 Å². The highest BCUT2D eigenvalue weighted by Gasteiger charge is 2.13.